The third kappa shape index (κ3) is 4.40. The van der Waals surface area contributed by atoms with E-state index in [1.165, 1.54) is 18.2 Å². The molecule has 4 rings (SSSR count). The molecule has 1 aliphatic heterocycles. The first-order chi connectivity index (χ1) is 14.0. The van der Waals surface area contributed by atoms with E-state index in [-0.39, 0.29) is 17.0 Å². The molecule has 1 aromatic heterocycles. The Balaban J connectivity index is 1.44. The number of rotatable bonds is 3. The highest BCUT2D eigenvalue weighted by molar-refractivity contribution is 6.31. The van der Waals surface area contributed by atoms with Gasteiger partial charge in [0, 0.05) is 24.3 Å². The van der Waals surface area contributed by atoms with Gasteiger partial charge in [-0.15, -0.1) is 0 Å². The van der Waals surface area contributed by atoms with Gasteiger partial charge in [0.05, 0.1) is 10.9 Å². The van der Waals surface area contributed by atoms with Crippen molar-refractivity contribution >= 4 is 23.3 Å². The molecule has 2 amide bonds. The van der Waals surface area contributed by atoms with Crippen LogP contribution in [0, 0.1) is 12.7 Å². The van der Waals surface area contributed by atoms with E-state index in [2.05, 4.69) is 15.5 Å². The predicted octanol–water partition coefficient (Wildman–Crippen LogP) is 5.25. The average Bonchev–Trinajstić information content (AvgIpc) is 3.21. The first-order valence-electron chi connectivity index (χ1n) is 9.41. The molecule has 0 spiro atoms. The topological polar surface area (TPSA) is 71.3 Å². The smallest absolute Gasteiger partial charge is 0.321 e. The monoisotopic (exact) mass is 414 g/mol. The molecule has 1 N–H and O–H groups in total. The van der Waals surface area contributed by atoms with Crippen LogP contribution >= 0.6 is 11.6 Å². The second-order valence-electron chi connectivity index (χ2n) is 7.17. The number of aryl methyl sites for hydroxylation is 1. The maximum Gasteiger partial charge on any atom is 0.321 e. The second-order valence-corrected chi connectivity index (χ2v) is 7.58. The second kappa shape index (κ2) is 8.21. The molecule has 0 radical (unpaired) electrons. The van der Waals surface area contributed by atoms with E-state index in [1.54, 1.807) is 4.90 Å². The number of nitrogens with one attached hydrogen (secondary N) is 1. The Morgan fingerprint density at radius 2 is 2.17 bits per heavy atom. The van der Waals surface area contributed by atoms with Crippen molar-refractivity contribution in [1.29, 1.82) is 0 Å². The Kier molecular flexibility index (Phi) is 5.49. The van der Waals surface area contributed by atoms with Gasteiger partial charge in [-0.25, -0.2) is 9.18 Å². The van der Waals surface area contributed by atoms with Crippen molar-refractivity contribution < 1.29 is 13.7 Å². The van der Waals surface area contributed by atoms with Gasteiger partial charge in [0.25, 0.3) is 0 Å². The number of benzene rings is 2. The molecule has 150 valence electrons. The maximum absolute atomic E-state index is 13.3. The largest absolute Gasteiger partial charge is 0.339 e. The highest BCUT2D eigenvalue weighted by Gasteiger charge is 2.29. The Bertz CT molecular complexity index is 1040. The third-order valence-corrected chi connectivity index (χ3v) is 5.24. The molecule has 2 aromatic carbocycles. The number of anilines is 1. The lowest BCUT2D eigenvalue weighted by atomic mass is 9.98. The minimum absolute atomic E-state index is 0.0302. The first-order valence-corrected chi connectivity index (χ1v) is 9.79. The zero-order chi connectivity index (χ0) is 20.4. The summed E-state index contributed by atoms with van der Waals surface area (Å²) < 4.78 is 18.8. The molecule has 1 unspecified atom stereocenters. The number of piperidine rings is 1. The fourth-order valence-electron chi connectivity index (χ4n) is 3.44. The van der Waals surface area contributed by atoms with E-state index < -0.39 is 5.82 Å². The van der Waals surface area contributed by atoms with Crippen LogP contribution in [0.3, 0.4) is 0 Å². The van der Waals surface area contributed by atoms with Crippen LogP contribution in [0.15, 0.2) is 47.0 Å². The van der Waals surface area contributed by atoms with Crippen molar-refractivity contribution in [2.45, 2.75) is 25.7 Å². The van der Waals surface area contributed by atoms with Crippen molar-refractivity contribution in [3.8, 4) is 11.4 Å². The lowest BCUT2D eigenvalue weighted by Gasteiger charge is -2.31. The molecule has 8 heteroatoms. The summed E-state index contributed by atoms with van der Waals surface area (Å²) >= 11 is 5.78. The van der Waals surface area contributed by atoms with Crippen LogP contribution in [0.5, 0.6) is 0 Å². The van der Waals surface area contributed by atoms with Gasteiger partial charge in [0.1, 0.15) is 5.82 Å². The molecule has 1 saturated heterocycles. The lowest BCUT2D eigenvalue weighted by Crippen LogP contribution is -2.41. The van der Waals surface area contributed by atoms with Gasteiger partial charge < -0.3 is 14.7 Å². The SMILES string of the molecule is Cc1cccc(-c2noc(C3CCCN(C(=O)Nc4ccc(F)c(Cl)c4)C3)n2)c1. The zero-order valence-corrected chi connectivity index (χ0v) is 16.6. The van der Waals surface area contributed by atoms with E-state index in [9.17, 15) is 9.18 Å². The van der Waals surface area contributed by atoms with E-state index >= 15 is 0 Å². The van der Waals surface area contributed by atoms with Crippen LogP contribution < -0.4 is 5.32 Å². The number of aromatic nitrogens is 2. The molecule has 0 saturated carbocycles. The Labute approximate surface area is 172 Å². The number of nitrogens with zero attached hydrogens (tertiary/aromatic N) is 3. The van der Waals surface area contributed by atoms with Crippen molar-refractivity contribution in [1.82, 2.24) is 15.0 Å². The summed E-state index contributed by atoms with van der Waals surface area (Å²) in [7, 11) is 0. The molecular formula is C21H20ClFN4O2. The molecule has 6 nitrogen and oxygen atoms in total. The van der Waals surface area contributed by atoms with Crippen molar-refractivity contribution in [2.75, 3.05) is 18.4 Å². The van der Waals surface area contributed by atoms with Gasteiger partial charge in [-0.3, -0.25) is 0 Å². The van der Waals surface area contributed by atoms with E-state index in [1.807, 2.05) is 31.2 Å². The molecule has 3 aromatic rings. The van der Waals surface area contributed by atoms with Crippen LogP contribution in [-0.2, 0) is 0 Å². The van der Waals surface area contributed by atoms with Crippen LogP contribution in [0.1, 0.15) is 30.2 Å². The highest BCUT2D eigenvalue weighted by Crippen LogP contribution is 2.28. The van der Waals surface area contributed by atoms with Crippen molar-refractivity contribution in [3.63, 3.8) is 0 Å². The average molecular weight is 415 g/mol. The molecule has 2 heterocycles. The van der Waals surface area contributed by atoms with E-state index in [4.69, 9.17) is 16.1 Å². The molecule has 1 fully saturated rings. The molecule has 1 atom stereocenters. The number of hydrogen-bond donors (Lipinski definition) is 1. The summed E-state index contributed by atoms with van der Waals surface area (Å²) in [5, 5.41) is 6.83. The zero-order valence-electron chi connectivity index (χ0n) is 15.9. The maximum atomic E-state index is 13.3. The van der Waals surface area contributed by atoms with E-state index in [0.717, 1.165) is 24.0 Å². The van der Waals surface area contributed by atoms with Gasteiger partial charge in [-0.2, -0.15) is 4.98 Å². The van der Waals surface area contributed by atoms with Crippen LogP contribution in [-0.4, -0.2) is 34.2 Å². The number of amides is 2. The molecular weight excluding hydrogens is 395 g/mol. The molecule has 1 aliphatic rings. The van der Waals surface area contributed by atoms with Gasteiger partial charge >= 0.3 is 6.03 Å². The number of likely N-dealkylation sites (tertiary alicyclic amines) is 1. The van der Waals surface area contributed by atoms with Gasteiger partial charge in [0.2, 0.25) is 11.7 Å². The summed E-state index contributed by atoms with van der Waals surface area (Å²) in [5.41, 5.74) is 2.47. The predicted molar refractivity (Wildman–Crippen MR) is 108 cm³/mol. The van der Waals surface area contributed by atoms with Gasteiger partial charge in [-0.05, 0) is 44.0 Å². The minimum atomic E-state index is -0.525. The minimum Gasteiger partial charge on any atom is -0.339 e. The normalized spacial score (nSPS) is 16.7. The lowest BCUT2D eigenvalue weighted by molar-refractivity contribution is 0.184. The highest BCUT2D eigenvalue weighted by atomic mass is 35.5. The summed E-state index contributed by atoms with van der Waals surface area (Å²) in [5.74, 6) is 0.524. The summed E-state index contributed by atoms with van der Waals surface area (Å²) in [4.78, 5) is 18.9. The standard InChI is InChI=1S/C21H20ClFN4O2/c1-13-4-2-5-14(10-13)19-25-20(29-26-19)15-6-3-9-27(12-15)21(28)24-16-7-8-18(23)17(22)11-16/h2,4-5,7-8,10-11,15H,3,6,9,12H2,1H3,(H,24,28). The Morgan fingerprint density at radius 1 is 1.31 bits per heavy atom. The van der Waals surface area contributed by atoms with Crippen molar-refractivity contribution in [3.05, 3.63) is 64.8 Å². The van der Waals surface area contributed by atoms with E-state index in [0.29, 0.717) is 30.5 Å². The first kappa shape index (κ1) is 19.4. The number of halogens is 2. The molecule has 0 bridgehead atoms. The summed E-state index contributed by atoms with van der Waals surface area (Å²) in [6, 6.07) is 11.7. The quantitative estimate of drug-likeness (QED) is 0.635. The summed E-state index contributed by atoms with van der Waals surface area (Å²) in [6.07, 6.45) is 1.69. The molecule has 0 aliphatic carbocycles. The number of carbonyl (C=O) groups is 1. The van der Waals surface area contributed by atoms with Gasteiger partial charge in [0.15, 0.2) is 0 Å². The van der Waals surface area contributed by atoms with Crippen LogP contribution in [0.4, 0.5) is 14.9 Å². The third-order valence-electron chi connectivity index (χ3n) is 4.95. The Morgan fingerprint density at radius 3 is 2.97 bits per heavy atom. The number of carbonyl (C=O) groups excluding carboxylic acids is 1. The summed E-state index contributed by atoms with van der Waals surface area (Å²) in [6.45, 7) is 3.10. The van der Waals surface area contributed by atoms with Crippen molar-refractivity contribution in [2.24, 2.45) is 0 Å². The van der Waals surface area contributed by atoms with Crippen LogP contribution in [0.25, 0.3) is 11.4 Å². The number of urea groups is 1. The fourth-order valence-corrected chi connectivity index (χ4v) is 3.62. The fraction of sp³-hybridized carbons (Fsp3) is 0.286. The number of hydrogen-bond acceptors (Lipinski definition) is 4. The van der Waals surface area contributed by atoms with Crippen LogP contribution in [0.2, 0.25) is 5.02 Å². The van der Waals surface area contributed by atoms with Gasteiger partial charge in [-0.1, -0.05) is 40.5 Å². The molecule has 29 heavy (non-hydrogen) atoms. The Hall–Kier alpha value is -2.93.